The molecule has 1 saturated heterocycles. The van der Waals surface area contributed by atoms with Gasteiger partial charge in [-0.05, 0) is 37.8 Å². The highest BCUT2D eigenvalue weighted by atomic mass is 16.5. The normalized spacial score (nSPS) is 22.4. The molecular formula is C25H27N7O4. The van der Waals surface area contributed by atoms with Gasteiger partial charge in [0.25, 0.3) is 5.91 Å². The molecule has 4 heterocycles. The number of anilines is 1. The van der Waals surface area contributed by atoms with Crippen molar-refractivity contribution in [3.8, 4) is 5.75 Å². The molecule has 11 nitrogen and oxygen atoms in total. The van der Waals surface area contributed by atoms with E-state index in [1.54, 1.807) is 41.3 Å². The van der Waals surface area contributed by atoms with Gasteiger partial charge in [0.05, 0.1) is 42.6 Å². The molecule has 1 N–H and O–H groups in total. The summed E-state index contributed by atoms with van der Waals surface area (Å²) in [6, 6.07) is 5.58. The van der Waals surface area contributed by atoms with Crippen LogP contribution in [0, 0.1) is 0 Å². The monoisotopic (exact) mass is 489 g/mol. The van der Waals surface area contributed by atoms with Gasteiger partial charge in [0.15, 0.2) is 5.65 Å². The van der Waals surface area contributed by atoms with Crippen molar-refractivity contribution in [1.29, 1.82) is 0 Å². The molecule has 3 aromatic heterocycles. The lowest BCUT2D eigenvalue weighted by Gasteiger charge is -2.48. The molecule has 4 aromatic rings. The maximum absolute atomic E-state index is 13.2. The maximum Gasteiger partial charge on any atom is 0.259 e. The Morgan fingerprint density at radius 3 is 2.92 bits per heavy atom. The fourth-order valence-corrected chi connectivity index (χ4v) is 5.38. The lowest BCUT2D eigenvalue weighted by Crippen LogP contribution is -2.59. The zero-order valence-electron chi connectivity index (χ0n) is 20.2. The van der Waals surface area contributed by atoms with Gasteiger partial charge >= 0.3 is 0 Å². The summed E-state index contributed by atoms with van der Waals surface area (Å²) >= 11 is 0. The first-order valence-electron chi connectivity index (χ1n) is 12.0. The number of fused-ring (bicyclic) bond motifs is 2. The van der Waals surface area contributed by atoms with Gasteiger partial charge in [-0.25, -0.2) is 9.50 Å². The largest absolute Gasteiger partial charge is 0.496 e. The van der Waals surface area contributed by atoms with E-state index in [-0.39, 0.29) is 30.0 Å². The Kier molecular flexibility index (Phi) is 5.36. The first kappa shape index (κ1) is 22.5. The number of carbonyl (C=O) groups excluding carboxylic acids is 2. The van der Waals surface area contributed by atoms with Crippen LogP contribution in [0.1, 0.15) is 42.1 Å². The molecule has 0 bridgehead atoms. The van der Waals surface area contributed by atoms with Gasteiger partial charge in [-0.15, -0.1) is 0 Å². The number of amides is 2. The first-order valence-corrected chi connectivity index (χ1v) is 12.0. The van der Waals surface area contributed by atoms with Crippen molar-refractivity contribution in [1.82, 2.24) is 29.3 Å². The number of aromatic nitrogens is 5. The van der Waals surface area contributed by atoms with Crippen LogP contribution in [0.3, 0.4) is 0 Å². The topological polar surface area (TPSA) is 116 Å². The number of methoxy groups -OCH3 is 1. The van der Waals surface area contributed by atoms with Crippen LogP contribution >= 0.6 is 0 Å². The van der Waals surface area contributed by atoms with Crippen molar-refractivity contribution < 1.29 is 19.1 Å². The smallest absolute Gasteiger partial charge is 0.259 e. The Hall–Kier alpha value is -3.99. The molecule has 2 aliphatic rings. The molecule has 1 aromatic carbocycles. The molecule has 0 atom stereocenters. The fraction of sp³-hybridized carbons (Fsp3) is 0.400. The number of nitrogens with zero attached hydrogens (tertiary/aromatic N) is 6. The van der Waals surface area contributed by atoms with Crippen LogP contribution in [0.15, 0.2) is 43.0 Å². The summed E-state index contributed by atoms with van der Waals surface area (Å²) in [6.45, 7) is 0.749. The number of morpholine rings is 1. The fourth-order valence-electron chi connectivity index (χ4n) is 5.38. The predicted molar refractivity (Wildman–Crippen MR) is 131 cm³/mol. The average Bonchev–Trinajstić information content (AvgIpc) is 3.50. The zero-order valence-corrected chi connectivity index (χ0v) is 20.2. The van der Waals surface area contributed by atoms with E-state index >= 15 is 0 Å². The van der Waals surface area contributed by atoms with E-state index in [0.717, 1.165) is 36.6 Å². The van der Waals surface area contributed by atoms with Crippen LogP contribution in [-0.2, 0) is 9.53 Å². The summed E-state index contributed by atoms with van der Waals surface area (Å²) < 4.78 is 14.7. The van der Waals surface area contributed by atoms with Gasteiger partial charge in [0.2, 0.25) is 5.91 Å². The lowest BCUT2D eigenvalue weighted by atomic mass is 9.78. The van der Waals surface area contributed by atoms with Crippen LogP contribution < -0.4 is 10.1 Å². The predicted octanol–water partition coefficient (Wildman–Crippen LogP) is 2.68. The van der Waals surface area contributed by atoms with Gasteiger partial charge < -0.3 is 19.7 Å². The highest BCUT2D eigenvalue weighted by Crippen LogP contribution is 2.40. The van der Waals surface area contributed by atoms with Crippen LogP contribution in [0.25, 0.3) is 16.6 Å². The lowest BCUT2D eigenvalue weighted by molar-refractivity contribution is -0.158. The first-order chi connectivity index (χ1) is 17.5. The van der Waals surface area contributed by atoms with Crippen molar-refractivity contribution in [3.63, 3.8) is 0 Å². The second kappa shape index (κ2) is 8.59. The molecule has 11 heteroatoms. The summed E-state index contributed by atoms with van der Waals surface area (Å²) in [7, 11) is 3.42. The summed E-state index contributed by atoms with van der Waals surface area (Å²) in [6.07, 6.45) is 10.5. The zero-order chi connectivity index (χ0) is 24.9. The Morgan fingerprint density at radius 1 is 1.28 bits per heavy atom. The average molecular weight is 490 g/mol. The van der Waals surface area contributed by atoms with E-state index in [2.05, 4.69) is 15.4 Å². The van der Waals surface area contributed by atoms with Crippen LogP contribution in [-0.4, -0.2) is 74.0 Å². The molecule has 1 aliphatic heterocycles. The molecule has 36 heavy (non-hydrogen) atoms. The summed E-state index contributed by atoms with van der Waals surface area (Å²) in [5.74, 6) is 0.172. The third-order valence-corrected chi connectivity index (χ3v) is 7.56. The number of hydrogen-bond acceptors (Lipinski definition) is 7. The number of carbonyl (C=O) groups is 2. The van der Waals surface area contributed by atoms with E-state index in [9.17, 15) is 9.59 Å². The molecule has 1 spiro atoms. The van der Waals surface area contributed by atoms with Crippen LogP contribution in [0.5, 0.6) is 5.75 Å². The second-order valence-electron chi connectivity index (χ2n) is 9.52. The number of benzene rings is 1. The number of likely N-dealkylation sites (N-methyl/N-ethyl adjacent to an activating group) is 1. The summed E-state index contributed by atoms with van der Waals surface area (Å²) in [4.78, 5) is 31.5. The standard InChI is InChI=1S/C25H27N7O4/c1-30-22(33)14-36-15-25(30)6-4-17(5-7-25)32-13-16-10-18(21(35-2)11-19(16)29-32)24(34)28-20-12-27-31-9-3-8-26-23(20)31/h3,8-13,17H,4-7,14-15H2,1-2H3,(H,28,34). The van der Waals surface area contributed by atoms with E-state index in [1.807, 2.05) is 22.8 Å². The highest BCUT2D eigenvalue weighted by molar-refractivity contribution is 6.09. The molecule has 2 fully saturated rings. The van der Waals surface area contributed by atoms with Crippen molar-refractivity contribution in [2.45, 2.75) is 37.3 Å². The maximum atomic E-state index is 13.2. The van der Waals surface area contributed by atoms with Gasteiger partial charge in [-0.2, -0.15) is 10.2 Å². The minimum atomic E-state index is -0.313. The molecular weight excluding hydrogens is 462 g/mol. The number of rotatable bonds is 4. The SMILES string of the molecule is COc1cc2nn(C3CCC4(CC3)COCC(=O)N4C)cc2cc1C(=O)Nc1cnn2cccnc12. The molecule has 186 valence electrons. The molecule has 0 unspecified atom stereocenters. The summed E-state index contributed by atoms with van der Waals surface area (Å²) in [5.41, 5.74) is 2.02. The van der Waals surface area contributed by atoms with E-state index in [0.29, 0.717) is 29.3 Å². The molecule has 6 rings (SSSR count). The quantitative estimate of drug-likeness (QED) is 0.469. The second-order valence-corrected chi connectivity index (χ2v) is 9.52. The Bertz CT molecular complexity index is 1470. The third kappa shape index (κ3) is 3.67. The molecule has 1 aliphatic carbocycles. The minimum absolute atomic E-state index is 0.0438. The van der Waals surface area contributed by atoms with Crippen molar-refractivity contribution >= 4 is 34.1 Å². The Labute approximate surface area is 207 Å². The minimum Gasteiger partial charge on any atom is -0.496 e. The molecule has 1 saturated carbocycles. The van der Waals surface area contributed by atoms with Crippen molar-refractivity contribution in [3.05, 3.63) is 48.5 Å². The van der Waals surface area contributed by atoms with Crippen molar-refractivity contribution in [2.75, 3.05) is 32.7 Å². The number of ether oxygens (including phenoxy) is 2. The number of hydrogen-bond donors (Lipinski definition) is 1. The Balaban J connectivity index is 1.24. The Morgan fingerprint density at radius 2 is 2.11 bits per heavy atom. The number of nitrogens with one attached hydrogen (secondary N) is 1. The van der Waals surface area contributed by atoms with Crippen molar-refractivity contribution in [2.24, 2.45) is 0 Å². The van der Waals surface area contributed by atoms with Crippen LogP contribution in [0.2, 0.25) is 0 Å². The third-order valence-electron chi connectivity index (χ3n) is 7.56. The van der Waals surface area contributed by atoms with Gasteiger partial charge in [-0.1, -0.05) is 0 Å². The highest BCUT2D eigenvalue weighted by Gasteiger charge is 2.44. The van der Waals surface area contributed by atoms with Gasteiger partial charge in [0.1, 0.15) is 18.0 Å². The summed E-state index contributed by atoms with van der Waals surface area (Å²) in [5, 5.41) is 12.8. The van der Waals surface area contributed by atoms with Crippen LogP contribution in [0.4, 0.5) is 5.69 Å². The van der Waals surface area contributed by atoms with E-state index in [1.165, 1.54) is 7.11 Å². The molecule has 0 radical (unpaired) electrons. The van der Waals surface area contributed by atoms with E-state index < -0.39 is 0 Å². The van der Waals surface area contributed by atoms with E-state index in [4.69, 9.17) is 14.6 Å². The van der Waals surface area contributed by atoms with Gasteiger partial charge in [0, 0.05) is 37.1 Å². The van der Waals surface area contributed by atoms with Gasteiger partial charge in [-0.3, -0.25) is 14.3 Å². The molecule has 2 amide bonds.